The average molecular weight is 477 g/mol. The molecule has 1 saturated heterocycles. The predicted molar refractivity (Wildman–Crippen MR) is 121 cm³/mol. The number of nitrogens with zero attached hydrogens (tertiary/aromatic N) is 2. The maximum atomic E-state index is 13.1. The van der Waals surface area contributed by atoms with Crippen LogP contribution in [0.2, 0.25) is 0 Å². The second-order valence-electron chi connectivity index (χ2n) is 7.65. The number of ether oxygens (including phenoxy) is 3. The van der Waals surface area contributed by atoms with Gasteiger partial charge in [-0.1, -0.05) is 18.2 Å². The van der Waals surface area contributed by atoms with Crippen molar-refractivity contribution in [1.29, 1.82) is 0 Å². The molecule has 0 aliphatic carbocycles. The molecule has 3 rings (SSSR count). The molecule has 2 amide bonds. The Hall–Kier alpha value is -3.27. The van der Waals surface area contributed by atoms with E-state index in [4.69, 9.17) is 14.2 Å². The largest absolute Gasteiger partial charge is 0.493 e. The first-order valence-corrected chi connectivity index (χ1v) is 12.3. The van der Waals surface area contributed by atoms with E-state index in [1.165, 1.54) is 43.5 Å². The molecule has 1 aliphatic rings. The number of benzene rings is 2. The quantitative estimate of drug-likeness (QED) is 0.573. The summed E-state index contributed by atoms with van der Waals surface area (Å²) in [4.78, 5) is 26.2. The maximum Gasteiger partial charge on any atom is 0.245 e. The summed E-state index contributed by atoms with van der Waals surface area (Å²) < 4.78 is 39.4. The van der Waals surface area contributed by atoms with Crippen molar-refractivity contribution in [2.75, 3.05) is 40.7 Å². The number of carbonyl (C=O) groups is 2. The van der Waals surface area contributed by atoms with Crippen LogP contribution in [-0.2, 0) is 32.3 Å². The van der Waals surface area contributed by atoms with E-state index in [0.29, 0.717) is 47.9 Å². The molecule has 0 radical (unpaired) electrons. The number of sulfone groups is 1. The Morgan fingerprint density at radius 1 is 0.818 bits per heavy atom. The molecule has 33 heavy (non-hydrogen) atoms. The molecule has 10 heteroatoms. The summed E-state index contributed by atoms with van der Waals surface area (Å²) in [6, 6.07) is 9.64. The fourth-order valence-corrected chi connectivity index (χ4v) is 4.44. The van der Waals surface area contributed by atoms with Crippen LogP contribution in [0.3, 0.4) is 0 Å². The van der Waals surface area contributed by atoms with E-state index in [9.17, 15) is 18.0 Å². The van der Waals surface area contributed by atoms with Crippen LogP contribution in [-0.4, -0.2) is 70.9 Å². The summed E-state index contributed by atoms with van der Waals surface area (Å²) in [5.74, 6) is 0.835. The highest BCUT2D eigenvalue weighted by molar-refractivity contribution is 7.90. The van der Waals surface area contributed by atoms with Crippen molar-refractivity contribution in [3.63, 3.8) is 0 Å². The van der Waals surface area contributed by atoms with Crippen LogP contribution in [0.4, 0.5) is 0 Å². The number of methoxy groups -OCH3 is 3. The van der Waals surface area contributed by atoms with Crippen molar-refractivity contribution in [2.24, 2.45) is 0 Å². The van der Waals surface area contributed by atoms with Gasteiger partial charge in [-0.05, 0) is 30.2 Å². The molecular weight excluding hydrogens is 448 g/mol. The molecule has 178 valence electrons. The molecule has 2 aromatic carbocycles. The van der Waals surface area contributed by atoms with Crippen LogP contribution < -0.4 is 14.2 Å². The minimum absolute atomic E-state index is 0.0242. The van der Waals surface area contributed by atoms with Gasteiger partial charge in [0, 0.05) is 24.9 Å². The minimum atomic E-state index is -3.30. The fraction of sp³-hybridized carbons (Fsp3) is 0.391. The standard InChI is InChI=1S/C23H28N2O7S/c1-30-19-11-8-17(22(31-2)23(19)32-3)15-21(27)25-13-5-12-24(25)20(26)14-16-6-9-18(10-7-16)33(4,28)29/h6-11H,5,12-15H2,1-4H3. The third-order valence-corrected chi connectivity index (χ3v) is 6.57. The lowest BCUT2D eigenvalue weighted by atomic mass is 10.1. The Balaban J connectivity index is 1.73. The summed E-state index contributed by atoms with van der Waals surface area (Å²) in [6.45, 7) is 0.877. The Bertz CT molecular complexity index is 1130. The number of amides is 2. The molecule has 0 atom stereocenters. The van der Waals surface area contributed by atoms with Crippen LogP contribution in [0, 0.1) is 0 Å². The summed E-state index contributed by atoms with van der Waals surface area (Å²) >= 11 is 0. The Kier molecular flexibility index (Phi) is 7.47. The lowest BCUT2D eigenvalue weighted by molar-refractivity contribution is -0.157. The van der Waals surface area contributed by atoms with Crippen LogP contribution >= 0.6 is 0 Å². The molecule has 0 unspecified atom stereocenters. The topological polar surface area (TPSA) is 102 Å². The van der Waals surface area contributed by atoms with Crippen LogP contribution in [0.15, 0.2) is 41.3 Å². The van der Waals surface area contributed by atoms with Crippen molar-refractivity contribution in [3.8, 4) is 17.2 Å². The van der Waals surface area contributed by atoms with Gasteiger partial charge in [-0.15, -0.1) is 0 Å². The predicted octanol–water partition coefficient (Wildman–Crippen LogP) is 1.88. The van der Waals surface area contributed by atoms with Gasteiger partial charge in [-0.3, -0.25) is 19.6 Å². The molecule has 9 nitrogen and oxygen atoms in total. The Labute approximate surface area is 193 Å². The molecule has 1 heterocycles. The van der Waals surface area contributed by atoms with Gasteiger partial charge in [0.1, 0.15) is 0 Å². The zero-order valence-corrected chi connectivity index (χ0v) is 20.0. The number of carbonyl (C=O) groups excluding carboxylic acids is 2. The van der Waals surface area contributed by atoms with E-state index >= 15 is 0 Å². The summed E-state index contributed by atoms with van der Waals surface area (Å²) in [6.07, 6.45) is 1.89. The lowest BCUT2D eigenvalue weighted by Crippen LogP contribution is -2.46. The van der Waals surface area contributed by atoms with Gasteiger partial charge < -0.3 is 14.2 Å². The molecule has 0 saturated carbocycles. The van der Waals surface area contributed by atoms with Gasteiger partial charge in [0.15, 0.2) is 21.3 Å². The van der Waals surface area contributed by atoms with E-state index in [2.05, 4.69) is 0 Å². The number of hydrogen-bond acceptors (Lipinski definition) is 7. The van der Waals surface area contributed by atoms with E-state index in [1.54, 1.807) is 24.3 Å². The first-order valence-electron chi connectivity index (χ1n) is 10.4. The van der Waals surface area contributed by atoms with Gasteiger partial charge in [-0.2, -0.15) is 0 Å². The molecule has 1 aliphatic heterocycles. The van der Waals surface area contributed by atoms with Gasteiger partial charge in [0.05, 0.1) is 39.1 Å². The van der Waals surface area contributed by atoms with Crippen molar-refractivity contribution in [3.05, 3.63) is 47.5 Å². The normalized spacial score (nSPS) is 13.7. The van der Waals surface area contributed by atoms with Crippen LogP contribution in [0.25, 0.3) is 0 Å². The van der Waals surface area contributed by atoms with E-state index in [-0.39, 0.29) is 29.6 Å². The number of rotatable bonds is 8. The maximum absolute atomic E-state index is 13.1. The number of hydrazine groups is 1. The first kappa shape index (κ1) is 24.4. The van der Waals surface area contributed by atoms with Crippen molar-refractivity contribution in [1.82, 2.24) is 10.0 Å². The molecule has 0 aromatic heterocycles. The molecular formula is C23H28N2O7S. The Morgan fingerprint density at radius 3 is 1.91 bits per heavy atom. The average Bonchev–Trinajstić information content (AvgIpc) is 3.28. The molecule has 1 fully saturated rings. The molecule has 0 N–H and O–H groups in total. The molecule has 0 spiro atoms. The van der Waals surface area contributed by atoms with Crippen LogP contribution in [0.1, 0.15) is 17.5 Å². The monoisotopic (exact) mass is 476 g/mol. The number of hydrogen-bond donors (Lipinski definition) is 0. The second kappa shape index (κ2) is 10.1. The molecule has 0 bridgehead atoms. The van der Waals surface area contributed by atoms with Crippen LogP contribution in [0.5, 0.6) is 17.2 Å². The zero-order chi connectivity index (χ0) is 24.2. The Morgan fingerprint density at radius 2 is 1.39 bits per heavy atom. The van der Waals surface area contributed by atoms with Crippen molar-refractivity contribution >= 4 is 21.7 Å². The van der Waals surface area contributed by atoms with E-state index < -0.39 is 9.84 Å². The summed E-state index contributed by atoms with van der Waals surface area (Å²) in [5.41, 5.74) is 1.30. The highest BCUT2D eigenvalue weighted by atomic mass is 32.2. The third kappa shape index (κ3) is 5.39. The van der Waals surface area contributed by atoms with Gasteiger partial charge in [0.2, 0.25) is 17.6 Å². The SMILES string of the molecule is COc1ccc(CC(=O)N2CCCN2C(=O)Cc2ccc(S(C)(=O)=O)cc2)c(OC)c1OC. The smallest absolute Gasteiger partial charge is 0.245 e. The van der Waals surface area contributed by atoms with Gasteiger partial charge >= 0.3 is 0 Å². The lowest BCUT2D eigenvalue weighted by Gasteiger charge is -2.28. The highest BCUT2D eigenvalue weighted by Crippen LogP contribution is 2.40. The minimum Gasteiger partial charge on any atom is -0.493 e. The fourth-order valence-electron chi connectivity index (χ4n) is 3.81. The summed E-state index contributed by atoms with van der Waals surface area (Å²) in [7, 11) is 1.20. The van der Waals surface area contributed by atoms with E-state index in [0.717, 1.165) is 6.26 Å². The first-order chi connectivity index (χ1) is 15.7. The third-order valence-electron chi connectivity index (χ3n) is 5.44. The van der Waals surface area contributed by atoms with Crippen molar-refractivity contribution < 1.29 is 32.2 Å². The highest BCUT2D eigenvalue weighted by Gasteiger charge is 2.31. The summed E-state index contributed by atoms with van der Waals surface area (Å²) in [5, 5.41) is 2.92. The second-order valence-corrected chi connectivity index (χ2v) is 9.67. The van der Waals surface area contributed by atoms with E-state index in [1.807, 2.05) is 0 Å². The van der Waals surface area contributed by atoms with Gasteiger partial charge in [0.25, 0.3) is 0 Å². The van der Waals surface area contributed by atoms with Gasteiger partial charge in [-0.25, -0.2) is 8.42 Å². The van der Waals surface area contributed by atoms with Crippen molar-refractivity contribution in [2.45, 2.75) is 24.2 Å². The molecule has 2 aromatic rings. The zero-order valence-electron chi connectivity index (χ0n) is 19.2.